The van der Waals surface area contributed by atoms with Crippen molar-refractivity contribution in [3.63, 3.8) is 0 Å². The van der Waals surface area contributed by atoms with E-state index >= 15 is 0 Å². The Hall–Kier alpha value is -0.320. The second kappa shape index (κ2) is 62.3. The smallest absolute Gasteiger partial charge is 0.0698 e. The Morgan fingerprint density at radius 3 is 0.950 bits per heavy atom. The molecule has 0 fully saturated rings. The third kappa shape index (κ3) is 152. The van der Waals surface area contributed by atoms with E-state index in [2.05, 4.69) is 4.74 Å². The highest BCUT2D eigenvalue weighted by atomic mass is 16.5. The Labute approximate surface area is 121 Å². The van der Waals surface area contributed by atoms with E-state index in [1.807, 2.05) is 6.92 Å². The molecule has 7 N–H and O–H groups in total. The van der Waals surface area contributed by atoms with Gasteiger partial charge in [0.25, 0.3) is 0 Å². The minimum Gasteiger partial charge on any atom is -0.400 e. The van der Waals surface area contributed by atoms with E-state index in [-0.39, 0.29) is 33.0 Å². The van der Waals surface area contributed by atoms with Crippen LogP contribution in [-0.2, 0) is 4.74 Å². The Balaban J connectivity index is -0.0000000505. The largest absolute Gasteiger partial charge is 0.400 e. The molecule has 0 heterocycles. The molecule has 0 rings (SSSR count). The molecule has 20 heavy (non-hydrogen) atoms. The summed E-state index contributed by atoms with van der Waals surface area (Å²) in [7, 11) is 1.00. The molecule has 0 aliphatic heterocycles. The van der Waals surface area contributed by atoms with Crippen molar-refractivity contribution >= 4 is 0 Å². The van der Waals surface area contributed by atoms with Gasteiger partial charge in [0.1, 0.15) is 0 Å². The standard InChI is InChI=1S/C4H10O3.C3H8O.C2H6O2.C2H6O.CH4O/c5-1-3-7-4-2-6;1-2-3-4;3-1-2-4;1-2-3;1-2/h5-6H,1-4H2;4H,2-3H2,1H3;3-4H,1-2H2;3H,2H2,1H3;2H,1H3. The summed E-state index contributed by atoms with van der Waals surface area (Å²) in [6, 6.07) is 0. The van der Waals surface area contributed by atoms with E-state index < -0.39 is 0 Å². The number of hydrogen-bond acceptors (Lipinski definition) is 8. The molecular weight excluding hydrogens is 272 g/mol. The monoisotopic (exact) mass is 306 g/mol. The van der Waals surface area contributed by atoms with Crippen LogP contribution in [-0.4, -0.2) is 95.7 Å². The van der Waals surface area contributed by atoms with Crippen molar-refractivity contribution in [2.24, 2.45) is 0 Å². The second-order valence-corrected chi connectivity index (χ2v) is 2.55. The van der Waals surface area contributed by atoms with Crippen LogP contribution in [0.15, 0.2) is 0 Å². The second-order valence-electron chi connectivity index (χ2n) is 2.55. The molecule has 130 valence electrons. The minimum absolute atomic E-state index is 0.0278. The maximum atomic E-state index is 8.09. The molecule has 0 saturated heterocycles. The summed E-state index contributed by atoms with van der Waals surface area (Å²) in [6.07, 6.45) is 0.875. The average molecular weight is 306 g/mol. The first-order valence-corrected chi connectivity index (χ1v) is 6.34. The van der Waals surface area contributed by atoms with Crippen molar-refractivity contribution in [3.05, 3.63) is 0 Å². The molecule has 0 aromatic carbocycles. The Kier molecular flexibility index (Phi) is 99.3. The van der Waals surface area contributed by atoms with Crippen LogP contribution < -0.4 is 0 Å². The van der Waals surface area contributed by atoms with Crippen molar-refractivity contribution in [2.45, 2.75) is 20.3 Å². The summed E-state index contributed by atoms with van der Waals surface area (Å²) in [5, 5.41) is 53.9. The molecule has 0 radical (unpaired) electrons. The minimum atomic E-state index is -0.125. The maximum Gasteiger partial charge on any atom is 0.0698 e. The normalized spacial score (nSPS) is 7.50. The maximum absolute atomic E-state index is 8.09. The lowest BCUT2D eigenvalue weighted by Crippen LogP contribution is -2.03. The molecule has 0 aromatic rings. The zero-order chi connectivity index (χ0) is 17.1. The van der Waals surface area contributed by atoms with Crippen LogP contribution in [0.4, 0.5) is 0 Å². The van der Waals surface area contributed by atoms with Crippen molar-refractivity contribution < 1.29 is 40.5 Å². The number of hydrogen-bond donors (Lipinski definition) is 7. The molecule has 8 heteroatoms. The van der Waals surface area contributed by atoms with Gasteiger partial charge in [0, 0.05) is 20.3 Å². The lowest BCUT2D eigenvalue weighted by atomic mass is 10.5. The van der Waals surface area contributed by atoms with Crippen molar-refractivity contribution in [1.29, 1.82) is 0 Å². The fourth-order valence-corrected chi connectivity index (χ4v) is 0.231. The van der Waals surface area contributed by atoms with E-state index in [4.69, 9.17) is 35.7 Å². The quantitative estimate of drug-likeness (QED) is 0.277. The number of aliphatic hydroxyl groups excluding tert-OH is 7. The van der Waals surface area contributed by atoms with Gasteiger partial charge in [-0.3, -0.25) is 0 Å². The molecule has 0 aliphatic rings. The van der Waals surface area contributed by atoms with Crippen molar-refractivity contribution in [2.75, 3.05) is 60.0 Å². The van der Waals surface area contributed by atoms with E-state index in [9.17, 15) is 0 Å². The molecule has 0 amide bonds. The fourth-order valence-electron chi connectivity index (χ4n) is 0.231. The Morgan fingerprint density at radius 1 is 0.600 bits per heavy atom. The van der Waals surface area contributed by atoms with Crippen LogP contribution in [0.3, 0.4) is 0 Å². The predicted molar refractivity (Wildman–Crippen MR) is 77.4 cm³/mol. The van der Waals surface area contributed by atoms with Gasteiger partial charge in [-0.15, -0.1) is 0 Å². The summed E-state index contributed by atoms with van der Waals surface area (Å²) in [5.41, 5.74) is 0. The van der Waals surface area contributed by atoms with Gasteiger partial charge in [-0.2, -0.15) is 0 Å². The summed E-state index contributed by atoms with van der Waals surface area (Å²) < 4.78 is 4.63. The Morgan fingerprint density at radius 2 is 0.850 bits per heavy atom. The van der Waals surface area contributed by atoms with Crippen molar-refractivity contribution in [1.82, 2.24) is 0 Å². The molecule has 0 aromatic heterocycles. The zero-order valence-corrected chi connectivity index (χ0v) is 12.9. The van der Waals surface area contributed by atoms with Gasteiger partial charge in [-0.25, -0.2) is 0 Å². The van der Waals surface area contributed by atoms with Gasteiger partial charge in [0.05, 0.1) is 39.6 Å². The molecule has 0 atom stereocenters. The summed E-state index contributed by atoms with van der Waals surface area (Å²) in [4.78, 5) is 0. The van der Waals surface area contributed by atoms with Gasteiger partial charge < -0.3 is 40.5 Å². The molecular formula is C12H34O8. The topological polar surface area (TPSA) is 151 Å². The van der Waals surface area contributed by atoms with Gasteiger partial charge >= 0.3 is 0 Å². The Bertz CT molecular complexity index is 73.9. The SMILES string of the molecule is CCCO.CCO.CO.OCCO.OCCOCCO. The van der Waals surface area contributed by atoms with E-state index in [1.54, 1.807) is 6.92 Å². The van der Waals surface area contributed by atoms with Crippen molar-refractivity contribution in [3.8, 4) is 0 Å². The third-order valence-corrected chi connectivity index (χ3v) is 0.795. The van der Waals surface area contributed by atoms with Crippen LogP contribution in [0.1, 0.15) is 20.3 Å². The first-order valence-electron chi connectivity index (χ1n) is 6.34. The van der Waals surface area contributed by atoms with Gasteiger partial charge in [0.15, 0.2) is 0 Å². The predicted octanol–water partition coefficient (Wildman–Crippen LogP) is -2.05. The average Bonchev–Trinajstić information content (AvgIpc) is 2.51. The van der Waals surface area contributed by atoms with Crippen LogP contribution in [0.25, 0.3) is 0 Å². The highest BCUT2D eigenvalue weighted by Gasteiger charge is 1.79. The molecule has 0 aliphatic carbocycles. The van der Waals surface area contributed by atoms with Crippen LogP contribution in [0.2, 0.25) is 0 Å². The summed E-state index contributed by atoms with van der Waals surface area (Å²) in [6.45, 7) is 4.63. The van der Waals surface area contributed by atoms with E-state index in [1.165, 1.54) is 0 Å². The number of rotatable bonds is 6. The molecule has 0 saturated carbocycles. The lowest BCUT2D eigenvalue weighted by molar-refractivity contribution is 0.0650. The van der Waals surface area contributed by atoms with Crippen LogP contribution >= 0.6 is 0 Å². The van der Waals surface area contributed by atoms with E-state index in [0.29, 0.717) is 19.8 Å². The van der Waals surface area contributed by atoms with Gasteiger partial charge in [-0.1, -0.05) is 6.92 Å². The third-order valence-electron chi connectivity index (χ3n) is 0.795. The van der Waals surface area contributed by atoms with Crippen LogP contribution in [0.5, 0.6) is 0 Å². The highest BCUT2D eigenvalue weighted by molar-refractivity contribution is 4.24. The first-order chi connectivity index (χ1) is 9.66. The molecule has 0 spiro atoms. The van der Waals surface area contributed by atoms with E-state index in [0.717, 1.165) is 13.5 Å². The number of ether oxygens (including phenoxy) is 1. The lowest BCUT2D eigenvalue weighted by Gasteiger charge is -1.94. The summed E-state index contributed by atoms with van der Waals surface area (Å²) in [5.74, 6) is 0. The molecule has 8 nitrogen and oxygen atoms in total. The number of aliphatic hydroxyl groups is 7. The first kappa shape index (κ1) is 31.9. The molecule has 0 unspecified atom stereocenters. The zero-order valence-electron chi connectivity index (χ0n) is 12.9. The summed E-state index contributed by atoms with van der Waals surface area (Å²) >= 11 is 0. The van der Waals surface area contributed by atoms with Gasteiger partial charge in [0.2, 0.25) is 0 Å². The fraction of sp³-hybridized carbons (Fsp3) is 1.00. The highest BCUT2D eigenvalue weighted by Crippen LogP contribution is 1.68. The van der Waals surface area contributed by atoms with Gasteiger partial charge in [-0.05, 0) is 13.3 Å². The molecule has 0 bridgehead atoms. The van der Waals surface area contributed by atoms with Crippen LogP contribution in [0, 0.1) is 0 Å².